The number of nitrogens with zero attached hydrogens (tertiary/aromatic N) is 5. The van der Waals surface area contributed by atoms with Crippen molar-refractivity contribution in [3.8, 4) is 39.5 Å². The molecule has 0 spiro atoms. The van der Waals surface area contributed by atoms with E-state index in [1.54, 1.807) is 18.2 Å². The number of hydrogen-bond acceptors (Lipinski definition) is 8. The summed E-state index contributed by atoms with van der Waals surface area (Å²) in [6.45, 7) is 8.30. The Morgan fingerprint density at radius 1 is 1.15 bits per heavy atom. The number of aliphatic imine (C=N–C) groups is 1. The number of nitrogens with two attached hydrogens (primary N) is 1. The lowest BCUT2D eigenvalue weighted by Gasteiger charge is -2.38. The van der Waals surface area contributed by atoms with Crippen LogP contribution in [0.2, 0.25) is 0 Å². The molecule has 4 heterocycles. The summed E-state index contributed by atoms with van der Waals surface area (Å²) >= 11 is 1.40. The van der Waals surface area contributed by atoms with Crippen LogP contribution < -0.4 is 10.5 Å². The average molecular weight is 657 g/mol. The van der Waals surface area contributed by atoms with Gasteiger partial charge in [0.25, 0.3) is 0 Å². The fourth-order valence-electron chi connectivity index (χ4n) is 6.19. The van der Waals surface area contributed by atoms with Crippen molar-refractivity contribution < 1.29 is 23.0 Å². The van der Waals surface area contributed by atoms with Crippen LogP contribution in [0.1, 0.15) is 31.1 Å². The first kappa shape index (κ1) is 32.0. The van der Waals surface area contributed by atoms with E-state index in [-0.39, 0.29) is 42.5 Å². The van der Waals surface area contributed by atoms with Crippen LogP contribution in [-0.2, 0) is 16.1 Å². The number of nitrogen functional groups attached to an aromatic ring is 1. The molecule has 1 amide bonds. The summed E-state index contributed by atoms with van der Waals surface area (Å²) in [6, 6.07) is 10.9. The van der Waals surface area contributed by atoms with E-state index in [2.05, 4.69) is 11.6 Å². The monoisotopic (exact) mass is 656 g/mol. The summed E-state index contributed by atoms with van der Waals surface area (Å²) in [5, 5.41) is 7.61. The number of ether oxygens (including phenoxy) is 2. The number of carbonyl (C=O) groups is 1. The number of amides is 1. The van der Waals surface area contributed by atoms with Crippen molar-refractivity contribution in [3.63, 3.8) is 0 Å². The number of fused-ring (bicyclic) bond motifs is 2. The van der Waals surface area contributed by atoms with E-state index in [0.717, 1.165) is 28.3 Å². The Kier molecular flexibility index (Phi) is 8.89. The van der Waals surface area contributed by atoms with Gasteiger partial charge in [-0.2, -0.15) is 5.10 Å². The van der Waals surface area contributed by atoms with Gasteiger partial charge in [0, 0.05) is 71.0 Å². The summed E-state index contributed by atoms with van der Waals surface area (Å²) in [7, 11) is 3.20. The van der Waals surface area contributed by atoms with Crippen molar-refractivity contribution in [1.82, 2.24) is 19.7 Å². The molecule has 47 heavy (non-hydrogen) atoms. The van der Waals surface area contributed by atoms with E-state index < -0.39 is 11.6 Å². The highest BCUT2D eigenvalue weighted by Crippen LogP contribution is 2.47. The van der Waals surface area contributed by atoms with Crippen molar-refractivity contribution in [3.05, 3.63) is 83.4 Å². The Bertz CT molecular complexity index is 2040. The van der Waals surface area contributed by atoms with Crippen molar-refractivity contribution >= 4 is 39.2 Å². The second-order valence-electron chi connectivity index (χ2n) is 11.3. The number of methoxy groups -OCH3 is 1. The standard InChI is InChI=1S/C35H34F2N6O3S/c1-6-30(44)43-19(2)18-42-28(20(43)3)16-27(41-42)34-32(31-25(37)14-23(36)15-29(31)46-11-10-45-5)35-24(9-12-47-35)33(40-34)21-7-8-22(17-39-4)26(38)13-21/h6-9,12-17,19-20H,1,10-11,18,38H2,2-5H3/t19-,20+/m0/s1. The maximum Gasteiger partial charge on any atom is 0.246 e. The van der Waals surface area contributed by atoms with E-state index in [4.69, 9.17) is 25.3 Å². The van der Waals surface area contributed by atoms with Crippen LogP contribution in [-0.4, -0.2) is 65.2 Å². The number of halogens is 2. The first-order chi connectivity index (χ1) is 22.7. The fourth-order valence-corrected chi connectivity index (χ4v) is 7.14. The number of benzene rings is 2. The highest BCUT2D eigenvalue weighted by Gasteiger charge is 2.34. The lowest BCUT2D eigenvalue weighted by atomic mass is 9.95. The Morgan fingerprint density at radius 3 is 2.68 bits per heavy atom. The Morgan fingerprint density at radius 2 is 1.96 bits per heavy atom. The maximum atomic E-state index is 16.1. The van der Waals surface area contributed by atoms with Gasteiger partial charge in [0.15, 0.2) is 0 Å². The lowest BCUT2D eigenvalue weighted by molar-refractivity contribution is -0.131. The molecule has 0 unspecified atom stereocenters. The minimum absolute atomic E-state index is 0.0196. The SMILES string of the molecule is C=CC(=O)N1[C@H](C)c2cc(-c3nc(-c4ccc(C=NC)c(N)c4)c4ccsc4c3-c3c(F)cc(F)cc3OCCOC)nn2C[C@@H]1C. The molecular formula is C35H34F2N6O3S. The first-order valence-corrected chi connectivity index (χ1v) is 15.9. The molecule has 2 atom stereocenters. The number of anilines is 1. The van der Waals surface area contributed by atoms with Crippen LogP contribution >= 0.6 is 11.3 Å². The molecule has 6 rings (SSSR count). The average Bonchev–Trinajstić information content (AvgIpc) is 3.70. The molecule has 0 radical (unpaired) electrons. The zero-order chi connectivity index (χ0) is 33.4. The van der Waals surface area contributed by atoms with E-state index in [1.807, 2.05) is 54.2 Å². The maximum absolute atomic E-state index is 16.1. The van der Waals surface area contributed by atoms with Crippen molar-refractivity contribution in [1.29, 1.82) is 0 Å². The van der Waals surface area contributed by atoms with Crippen molar-refractivity contribution in [2.45, 2.75) is 32.5 Å². The smallest absolute Gasteiger partial charge is 0.246 e. The van der Waals surface area contributed by atoms with E-state index >= 15 is 4.39 Å². The topological polar surface area (TPSA) is 108 Å². The fraction of sp³-hybridized carbons (Fsp3) is 0.257. The van der Waals surface area contributed by atoms with E-state index in [0.29, 0.717) is 39.6 Å². The third-order valence-corrected chi connectivity index (χ3v) is 9.22. The third kappa shape index (κ3) is 5.79. The number of carbonyl (C=O) groups excluding carboxylic acids is 1. The van der Waals surface area contributed by atoms with Crippen LogP contribution in [0.4, 0.5) is 14.5 Å². The molecule has 2 N–H and O–H groups in total. The quantitative estimate of drug-likeness (QED) is 0.0800. The number of aromatic nitrogens is 3. The van der Waals surface area contributed by atoms with E-state index in [1.165, 1.54) is 30.6 Å². The van der Waals surface area contributed by atoms with Crippen molar-refractivity contribution in [2.24, 2.45) is 4.99 Å². The number of thiophene rings is 1. The summed E-state index contributed by atoms with van der Waals surface area (Å²) in [5.74, 6) is -1.73. The third-order valence-electron chi connectivity index (χ3n) is 8.29. The molecule has 5 aromatic rings. The van der Waals surface area contributed by atoms with Gasteiger partial charge in [0.1, 0.15) is 35.4 Å². The minimum Gasteiger partial charge on any atom is -0.490 e. The van der Waals surface area contributed by atoms with Crippen LogP contribution in [0.15, 0.2) is 65.5 Å². The molecule has 12 heteroatoms. The van der Waals surface area contributed by atoms with Gasteiger partial charge in [0.05, 0.1) is 36.1 Å². The highest BCUT2D eigenvalue weighted by atomic mass is 32.1. The molecule has 0 bridgehead atoms. The molecule has 1 aliphatic rings. The Labute approximate surface area is 275 Å². The lowest BCUT2D eigenvalue weighted by Crippen LogP contribution is -2.46. The second kappa shape index (κ2) is 13.0. The zero-order valence-electron chi connectivity index (χ0n) is 26.5. The molecular weight excluding hydrogens is 622 g/mol. The van der Waals surface area contributed by atoms with Gasteiger partial charge < -0.3 is 20.1 Å². The largest absolute Gasteiger partial charge is 0.490 e. The van der Waals surface area contributed by atoms with Gasteiger partial charge in [-0.1, -0.05) is 18.7 Å². The number of hydrogen-bond donors (Lipinski definition) is 1. The molecule has 3 aromatic heterocycles. The molecule has 1 aliphatic heterocycles. The normalized spacial score (nSPS) is 16.2. The molecule has 0 saturated heterocycles. The van der Waals surface area contributed by atoms with Crippen LogP contribution in [0.5, 0.6) is 5.75 Å². The van der Waals surface area contributed by atoms with Gasteiger partial charge in [-0.3, -0.25) is 14.5 Å². The molecule has 0 fully saturated rings. The van der Waals surface area contributed by atoms with E-state index in [9.17, 15) is 9.18 Å². The van der Waals surface area contributed by atoms with Crippen LogP contribution in [0, 0.1) is 11.6 Å². The van der Waals surface area contributed by atoms with Gasteiger partial charge in [0.2, 0.25) is 5.91 Å². The molecule has 0 aliphatic carbocycles. The second-order valence-corrected chi connectivity index (χ2v) is 12.2. The van der Waals surface area contributed by atoms with Crippen LogP contribution in [0.25, 0.3) is 43.9 Å². The van der Waals surface area contributed by atoms with Crippen molar-refractivity contribution in [2.75, 3.05) is 33.1 Å². The Hall–Kier alpha value is -4.94. The molecule has 242 valence electrons. The first-order valence-electron chi connectivity index (χ1n) is 15.0. The summed E-state index contributed by atoms with van der Waals surface area (Å²) in [4.78, 5) is 23.8. The summed E-state index contributed by atoms with van der Waals surface area (Å²) in [6.07, 6.45) is 2.99. The predicted molar refractivity (Wildman–Crippen MR) is 182 cm³/mol. The minimum atomic E-state index is -0.802. The highest BCUT2D eigenvalue weighted by molar-refractivity contribution is 7.18. The van der Waals surface area contributed by atoms with Crippen LogP contribution in [0.3, 0.4) is 0 Å². The molecule has 0 saturated carbocycles. The van der Waals surface area contributed by atoms with Gasteiger partial charge in [-0.25, -0.2) is 13.8 Å². The van der Waals surface area contributed by atoms with Gasteiger partial charge >= 0.3 is 0 Å². The van der Waals surface area contributed by atoms with Gasteiger partial charge in [-0.05, 0) is 43.5 Å². The Balaban J connectivity index is 1.64. The summed E-state index contributed by atoms with van der Waals surface area (Å²) < 4.78 is 44.3. The zero-order valence-corrected chi connectivity index (χ0v) is 27.3. The molecule has 9 nitrogen and oxygen atoms in total. The number of pyridine rings is 1. The number of rotatable bonds is 9. The van der Waals surface area contributed by atoms with Gasteiger partial charge in [-0.15, -0.1) is 11.3 Å². The summed E-state index contributed by atoms with van der Waals surface area (Å²) in [5.41, 5.74) is 11.2. The molecule has 2 aromatic carbocycles. The predicted octanol–water partition coefficient (Wildman–Crippen LogP) is 6.91.